The standard InChI is InChI=1S/C18H26BrN3O2/c1-13-2-4-15(19)12-16(13)22-18(24)8-11-21-17(23)5-3-14-6-9-20-10-7-14/h2,4,12,14,20H,3,5-11H2,1H3,(H,21,23)(H,22,24). The van der Waals surface area contributed by atoms with Gasteiger partial charge < -0.3 is 16.0 Å². The summed E-state index contributed by atoms with van der Waals surface area (Å²) in [6.45, 7) is 4.44. The Balaban J connectivity index is 1.63. The summed E-state index contributed by atoms with van der Waals surface area (Å²) in [4.78, 5) is 23.8. The fourth-order valence-corrected chi connectivity index (χ4v) is 3.21. The number of carbonyl (C=O) groups is 2. The van der Waals surface area contributed by atoms with Crippen LogP contribution in [-0.2, 0) is 9.59 Å². The van der Waals surface area contributed by atoms with Gasteiger partial charge in [-0.15, -0.1) is 0 Å². The van der Waals surface area contributed by atoms with Gasteiger partial charge in [-0.05, 0) is 62.9 Å². The zero-order valence-electron chi connectivity index (χ0n) is 14.2. The van der Waals surface area contributed by atoms with Gasteiger partial charge in [-0.25, -0.2) is 0 Å². The molecule has 6 heteroatoms. The molecule has 3 N–H and O–H groups in total. The average molecular weight is 396 g/mol. The van der Waals surface area contributed by atoms with E-state index < -0.39 is 0 Å². The molecule has 1 aromatic rings. The van der Waals surface area contributed by atoms with Gasteiger partial charge in [-0.2, -0.15) is 0 Å². The largest absolute Gasteiger partial charge is 0.356 e. The van der Waals surface area contributed by atoms with Crippen LogP contribution in [0.3, 0.4) is 0 Å². The minimum absolute atomic E-state index is 0.0416. The maximum Gasteiger partial charge on any atom is 0.226 e. The molecule has 132 valence electrons. The summed E-state index contributed by atoms with van der Waals surface area (Å²) >= 11 is 3.40. The second kappa shape index (κ2) is 9.79. The number of carbonyl (C=O) groups excluding carboxylic acids is 2. The molecule has 0 aliphatic carbocycles. The number of aryl methyl sites for hydroxylation is 1. The van der Waals surface area contributed by atoms with Crippen LogP contribution in [0.4, 0.5) is 5.69 Å². The minimum atomic E-state index is -0.0881. The van der Waals surface area contributed by atoms with E-state index in [4.69, 9.17) is 0 Å². The molecule has 2 amide bonds. The summed E-state index contributed by atoms with van der Waals surface area (Å²) in [6, 6.07) is 5.76. The Hall–Kier alpha value is -1.40. The van der Waals surface area contributed by atoms with Crippen molar-refractivity contribution < 1.29 is 9.59 Å². The first-order valence-electron chi connectivity index (χ1n) is 8.58. The lowest BCUT2D eigenvalue weighted by Gasteiger charge is -2.22. The van der Waals surface area contributed by atoms with Gasteiger partial charge in [0.1, 0.15) is 0 Å². The number of benzene rings is 1. The van der Waals surface area contributed by atoms with Crippen molar-refractivity contribution in [1.82, 2.24) is 10.6 Å². The molecule has 1 saturated heterocycles. The zero-order valence-corrected chi connectivity index (χ0v) is 15.7. The van der Waals surface area contributed by atoms with Crippen LogP contribution in [0, 0.1) is 12.8 Å². The molecule has 0 atom stereocenters. The third-order valence-electron chi connectivity index (χ3n) is 4.39. The van der Waals surface area contributed by atoms with Gasteiger partial charge in [-0.3, -0.25) is 9.59 Å². The maximum atomic E-state index is 12.0. The summed E-state index contributed by atoms with van der Waals surface area (Å²) in [5.74, 6) is 0.606. The van der Waals surface area contributed by atoms with Gasteiger partial charge in [0, 0.05) is 29.5 Å². The third-order valence-corrected chi connectivity index (χ3v) is 4.88. The van der Waals surface area contributed by atoms with Gasteiger partial charge in [0.15, 0.2) is 0 Å². The first-order valence-corrected chi connectivity index (χ1v) is 9.37. The number of rotatable bonds is 7. The number of hydrogen-bond acceptors (Lipinski definition) is 3. The minimum Gasteiger partial charge on any atom is -0.356 e. The smallest absolute Gasteiger partial charge is 0.226 e. The van der Waals surface area contributed by atoms with E-state index in [1.807, 2.05) is 25.1 Å². The van der Waals surface area contributed by atoms with Crippen molar-refractivity contribution in [3.05, 3.63) is 28.2 Å². The summed E-state index contributed by atoms with van der Waals surface area (Å²) in [7, 11) is 0. The predicted molar refractivity (Wildman–Crippen MR) is 100.0 cm³/mol. The van der Waals surface area contributed by atoms with E-state index >= 15 is 0 Å². The Bertz CT molecular complexity index is 571. The SMILES string of the molecule is Cc1ccc(Br)cc1NC(=O)CCNC(=O)CCC1CCNCC1. The average Bonchev–Trinajstić information content (AvgIpc) is 2.57. The molecule has 0 aromatic heterocycles. The quantitative estimate of drug-likeness (QED) is 0.664. The van der Waals surface area contributed by atoms with E-state index in [0.717, 1.165) is 48.1 Å². The number of amides is 2. The van der Waals surface area contributed by atoms with Crippen molar-refractivity contribution in [3.8, 4) is 0 Å². The van der Waals surface area contributed by atoms with Crippen molar-refractivity contribution >= 4 is 33.4 Å². The van der Waals surface area contributed by atoms with Crippen molar-refractivity contribution in [3.63, 3.8) is 0 Å². The number of anilines is 1. The molecule has 0 radical (unpaired) electrons. The maximum absolute atomic E-state index is 12.0. The monoisotopic (exact) mass is 395 g/mol. The molecule has 0 saturated carbocycles. The zero-order chi connectivity index (χ0) is 17.4. The summed E-state index contributed by atoms with van der Waals surface area (Å²) in [5, 5.41) is 9.05. The Kier molecular flexibility index (Phi) is 7.72. The Labute approximate surface area is 152 Å². The third kappa shape index (κ3) is 6.61. The fraction of sp³-hybridized carbons (Fsp3) is 0.556. The number of hydrogen-bond donors (Lipinski definition) is 3. The molecule has 0 unspecified atom stereocenters. The normalized spacial score (nSPS) is 15.1. The van der Waals surface area contributed by atoms with Crippen LogP contribution in [0.2, 0.25) is 0 Å². The molecular formula is C18H26BrN3O2. The van der Waals surface area contributed by atoms with E-state index in [9.17, 15) is 9.59 Å². The summed E-state index contributed by atoms with van der Waals surface area (Å²) in [5.41, 5.74) is 1.81. The van der Waals surface area contributed by atoms with Crippen LogP contribution < -0.4 is 16.0 Å². The first-order chi connectivity index (χ1) is 11.5. The summed E-state index contributed by atoms with van der Waals surface area (Å²) < 4.78 is 0.926. The number of nitrogens with one attached hydrogen (secondary N) is 3. The van der Waals surface area contributed by atoms with Crippen LogP contribution in [0.25, 0.3) is 0 Å². The number of piperidine rings is 1. The van der Waals surface area contributed by atoms with Gasteiger partial charge >= 0.3 is 0 Å². The first kappa shape index (κ1) is 18.9. The topological polar surface area (TPSA) is 70.2 Å². The van der Waals surface area contributed by atoms with E-state index in [0.29, 0.717) is 18.9 Å². The van der Waals surface area contributed by atoms with Crippen molar-refractivity contribution in [2.45, 2.75) is 39.0 Å². The molecule has 2 rings (SSSR count). The van der Waals surface area contributed by atoms with Gasteiger partial charge in [0.05, 0.1) is 0 Å². The van der Waals surface area contributed by atoms with Gasteiger partial charge in [0.25, 0.3) is 0 Å². The lowest BCUT2D eigenvalue weighted by atomic mass is 9.93. The van der Waals surface area contributed by atoms with Crippen LogP contribution in [0.15, 0.2) is 22.7 Å². The van der Waals surface area contributed by atoms with Gasteiger partial charge in [0.2, 0.25) is 11.8 Å². The Morgan fingerprint density at radius 3 is 2.71 bits per heavy atom. The molecular weight excluding hydrogens is 370 g/mol. The van der Waals surface area contributed by atoms with Gasteiger partial charge in [-0.1, -0.05) is 22.0 Å². The molecule has 1 aliphatic heterocycles. The molecule has 0 bridgehead atoms. The van der Waals surface area contributed by atoms with Crippen molar-refractivity contribution in [2.24, 2.45) is 5.92 Å². The molecule has 1 aromatic carbocycles. The molecule has 1 heterocycles. The van der Waals surface area contributed by atoms with Crippen LogP contribution in [0.1, 0.15) is 37.7 Å². The Morgan fingerprint density at radius 2 is 1.96 bits per heavy atom. The fourth-order valence-electron chi connectivity index (χ4n) is 2.85. The van der Waals surface area contributed by atoms with E-state index in [1.165, 1.54) is 0 Å². The molecule has 1 aliphatic rings. The van der Waals surface area contributed by atoms with Crippen LogP contribution >= 0.6 is 15.9 Å². The van der Waals surface area contributed by atoms with Crippen molar-refractivity contribution in [1.29, 1.82) is 0 Å². The predicted octanol–water partition coefficient (Wildman–Crippen LogP) is 2.98. The van der Waals surface area contributed by atoms with E-state index in [2.05, 4.69) is 31.9 Å². The Morgan fingerprint density at radius 1 is 1.21 bits per heavy atom. The second-order valence-electron chi connectivity index (χ2n) is 6.34. The highest BCUT2D eigenvalue weighted by molar-refractivity contribution is 9.10. The molecule has 1 fully saturated rings. The highest BCUT2D eigenvalue weighted by Gasteiger charge is 2.14. The highest BCUT2D eigenvalue weighted by Crippen LogP contribution is 2.20. The van der Waals surface area contributed by atoms with E-state index in [-0.39, 0.29) is 18.2 Å². The molecule has 24 heavy (non-hydrogen) atoms. The summed E-state index contributed by atoms with van der Waals surface area (Å²) in [6.07, 6.45) is 4.09. The lowest BCUT2D eigenvalue weighted by molar-refractivity contribution is -0.121. The highest BCUT2D eigenvalue weighted by atomic mass is 79.9. The van der Waals surface area contributed by atoms with Crippen molar-refractivity contribution in [2.75, 3.05) is 25.0 Å². The molecule has 0 spiro atoms. The van der Waals surface area contributed by atoms with E-state index in [1.54, 1.807) is 0 Å². The van der Waals surface area contributed by atoms with Crippen LogP contribution in [0.5, 0.6) is 0 Å². The number of halogens is 1. The second-order valence-corrected chi connectivity index (χ2v) is 7.26. The molecule has 5 nitrogen and oxygen atoms in total. The lowest BCUT2D eigenvalue weighted by Crippen LogP contribution is -2.30. The van der Waals surface area contributed by atoms with Crippen LogP contribution in [-0.4, -0.2) is 31.4 Å².